The van der Waals surface area contributed by atoms with Crippen LogP contribution in [-0.2, 0) is 11.0 Å². The topological polar surface area (TPSA) is 88.6 Å². The van der Waals surface area contributed by atoms with Gasteiger partial charge in [-0.15, -0.1) is 0 Å². The van der Waals surface area contributed by atoms with Crippen LogP contribution in [0.4, 0.5) is 35.0 Å². The van der Waals surface area contributed by atoms with Crippen molar-refractivity contribution in [3.05, 3.63) is 29.5 Å². The number of methoxy groups -OCH3 is 1. The van der Waals surface area contributed by atoms with E-state index in [1.807, 2.05) is 0 Å². The lowest BCUT2D eigenvalue weighted by molar-refractivity contribution is -0.137. The number of likely N-dealkylation sites (tertiary alicyclic amines) is 1. The van der Waals surface area contributed by atoms with E-state index in [-0.39, 0.29) is 30.0 Å². The first-order valence-electron chi connectivity index (χ1n) is 9.83. The smallest absolute Gasteiger partial charge is 0.421 e. The molecular weight excluding hydrogens is 434 g/mol. The fourth-order valence-electron chi connectivity index (χ4n) is 3.59. The zero-order valence-corrected chi connectivity index (χ0v) is 17.5. The number of hydrogen-bond donors (Lipinski definition) is 2. The molecule has 12 heteroatoms. The average Bonchev–Trinajstić information content (AvgIpc) is 3.25. The van der Waals surface area contributed by atoms with Gasteiger partial charge in [0, 0.05) is 31.4 Å². The summed E-state index contributed by atoms with van der Waals surface area (Å²) in [7, 11) is 2.77. The van der Waals surface area contributed by atoms with Gasteiger partial charge in [0.1, 0.15) is 36.2 Å². The number of amides is 1. The van der Waals surface area contributed by atoms with Crippen LogP contribution in [-0.4, -0.2) is 55.3 Å². The Labute approximate surface area is 181 Å². The van der Waals surface area contributed by atoms with Gasteiger partial charge in [-0.2, -0.15) is 18.2 Å². The number of nitrogens with zero attached hydrogens (tertiary/aromatic N) is 3. The van der Waals surface area contributed by atoms with Crippen LogP contribution in [0.3, 0.4) is 0 Å². The largest absolute Gasteiger partial charge is 0.496 e. The van der Waals surface area contributed by atoms with Gasteiger partial charge in [0.05, 0.1) is 18.8 Å². The molecule has 1 atom stereocenters. The van der Waals surface area contributed by atoms with Gasteiger partial charge < -0.3 is 25.0 Å². The maximum atomic E-state index is 13.1. The van der Waals surface area contributed by atoms with Gasteiger partial charge >= 0.3 is 6.18 Å². The molecule has 1 unspecified atom stereocenters. The molecule has 2 heterocycles. The van der Waals surface area contributed by atoms with Crippen molar-refractivity contribution < 1.29 is 31.8 Å². The lowest BCUT2D eigenvalue weighted by Gasteiger charge is -2.24. The molecule has 1 fully saturated rings. The number of benzene rings is 1. The highest BCUT2D eigenvalue weighted by Crippen LogP contribution is 2.42. The predicted octanol–water partition coefficient (Wildman–Crippen LogP) is 3.93. The third-order valence-corrected chi connectivity index (χ3v) is 5.03. The number of carbonyl (C=O) groups is 1. The Morgan fingerprint density at radius 1 is 1.31 bits per heavy atom. The van der Waals surface area contributed by atoms with Gasteiger partial charge in [-0.1, -0.05) is 0 Å². The number of ether oxygens (including phenoxy) is 2. The minimum Gasteiger partial charge on any atom is -0.496 e. The van der Waals surface area contributed by atoms with E-state index in [1.54, 1.807) is 17.0 Å². The van der Waals surface area contributed by atoms with E-state index in [0.29, 0.717) is 24.1 Å². The molecule has 3 rings (SSSR count). The van der Waals surface area contributed by atoms with Crippen LogP contribution in [0.5, 0.6) is 11.5 Å². The highest BCUT2D eigenvalue weighted by Gasteiger charge is 2.35. The Morgan fingerprint density at radius 3 is 2.72 bits per heavy atom. The second kappa shape index (κ2) is 9.88. The van der Waals surface area contributed by atoms with E-state index in [1.165, 1.54) is 14.2 Å². The molecule has 2 N–H and O–H groups in total. The number of aromatic nitrogens is 2. The van der Waals surface area contributed by atoms with Gasteiger partial charge in [-0.25, -0.2) is 9.37 Å². The molecule has 1 saturated heterocycles. The van der Waals surface area contributed by atoms with E-state index < -0.39 is 24.2 Å². The summed E-state index contributed by atoms with van der Waals surface area (Å²) in [6.45, 7) is -0.381. The van der Waals surface area contributed by atoms with Crippen molar-refractivity contribution in [1.29, 1.82) is 0 Å². The van der Waals surface area contributed by atoms with Gasteiger partial charge in [-0.05, 0) is 18.9 Å². The summed E-state index contributed by atoms with van der Waals surface area (Å²) in [6, 6.07) is 2.96. The standard InChI is InChI=1S/C20H23F4N5O3/c1-25-18-13(20(22,23)24)10-26-19(28-18)27-14-9-16(31-2)12(8-17(14)32-7-5-21)15-4-3-6-29(15)11-30/h8-11,15H,3-7H2,1-2H3,(H2,25,26,27,28). The van der Waals surface area contributed by atoms with E-state index in [0.717, 1.165) is 19.3 Å². The SMILES string of the molecule is CNc1nc(Nc2cc(OC)c(C3CCCN3C=O)cc2OCCF)ncc1C(F)(F)F. The monoisotopic (exact) mass is 457 g/mol. The number of rotatable bonds is 9. The number of alkyl halides is 4. The summed E-state index contributed by atoms with van der Waals surface area (Å²) < 4.78 is 63.1. The number of hydrogen-bond acceptors (Lipinski definition) is 7. The van der Waals surface area contributed by atoms with Crippen LogP contribution in [0.2, 0.25) is 0 Å². The van der Waals surface area contributed by atoms with Crippen molar-refractivity contribution in [2.24, 2.45) is 0 Å². The minimum atomic E-state index is -4.62. The van der Waals surface area contributed by atoms with Crippen LogP contribution in [0.25, 0.3) is 0 Å². The predicted molar refractivity (Wildman–Crippen MR) is 109 cm³/mol. The lowest BCUT2D eigenvalue weighted by atomic mass is 10.0. The minimum absolute atomic E-state index is 0.127. The van der Waals surface area contributed by atoms with Crippen LogP contribution in [0.1, 0.15) is 30.0 Å². The van der Waals surface area contributed by atoms with E-state index in [2.05, 4.69) is 20.6 Å². The summed E-state index contributed by atoms with van der Waals surface area (Å²) in [5.41, 5.74) is -0.0557. The summed E-state index contributed by atoms with van der Waals surface area (Å²) >= 11 is 0. The Kier molecular flexibility index (Phi) is 7.21. The first-order valence-corrected chi connectivity index (χ1v) is 9.83. The fourth-order valence-corrected chi connectivity index (χ4v) is 3.59. The number of carbonyl (C=O) groups excluding carboxylic acids is 1. The lowest BCUT2D eigenvalue weighted by Crippen LogP contribution is -2.21. The summed E-state index contributed by atoms with van der Waals surface area (Å²) in [5, 5.41) is 5.21. The molecule has 8 nitrogen and oxygen atoms in total. The van der Waals surface area contributed by atoms with Crippen molar-refractivity contribution in [3.63, 3.8) is 0 Å². The molecule has 2 aromatic rings. The molecule has 0 spiro atoms. The van der Waals surface area contributed by atoms with Crippen LogP contribution >= 0.6 is 0 Å². The summed E-state index contributed by atoms with van der Waals surface area (Å²) in [6.07, 6.45) is -1.66. The molecule has 1 aliphatic rings. The number of anilines is 3. The first-order chi connectivity index (χ1) is 15.3. The summed E-state index contributed by atoms with van der Waals surface area (Å²) in [5.74, 6) is 0.125. The first kappa shape index (κ1) is 23.4. The third-order valence-electron chi connectivity index (χ3n) is 5.03. The van der Waals surface area contributed by atoms with Crippen LogP contribution in [0, 0.1) is 0 Å². The Hall–Kier alpha value is -3.31. The highest BCUT2D eigenvalue weighted by molar-refractivity contribution is 5.68. The normalized spacial score (nSPS) is 16.1. The Bertz CT molecular complexity index is 958. The molecule has 1 aromatic carbocycles. The zero-order valence-electron chi connectivity index (χ0n) is 17.5. The summed E-state index contributed by atoms with van der Waals surface area (Å²) in [4.78, 5) is 20.7. The maximum Gasteiger partial charge on any atom is 0.421 e. The van der Waals surface area contributed by atoms with E-state index in [9.17, 15) is 22.4 Å². The van der Waals surface area contributed by atoms with Crippen molar-refractivity contribution in [2.75, 3.05) is 44.6 Å². The number of nitrogens with one attached hydrogen (secondary N) is 2. The molecule has 1 aromatic heterocycles. The van der Waals surface area contributed by atoms with Gasteiger partial charge in [0.15, 0.2) is 0 Å². The fraction of sp³-hybridized carbons (Fsp3) is 0.450. The molecule has 1 aliphatic heterocycles. The van der Waals surface area contributed by atoms with E-state index in [4.69, 9.17) is 9.47 Å². The third kappa shape index (κ3) is 4.94. The molecule has 174 valence electrons. The number of halogens is 4. The van der Waals surface area contributed by atoms with Gasteiger partial charge in [0.25, 0.3) is 0 Å². The van der Waals surface area contributed by atoms with Crippen LogP contribution in [0.15, 0.2) is 18.3 Å². The maximum absolute atomic E-state index is 13.1. The molecular formula is C20H23F4N5O3. The molecule has 0 radical (unpaired) electrons. The van der Waals surface area contributed by atoms with Crippen molar-refractivity contribution in [2.45, 2.75) is 25.1 Å². The average molecular weight is 457 g/mol. The quantitative estimate of drug-likeness (QED) is 0.436. The molecule has 0 aliphatic carbocycles. The Morgan fingerprint density at radius 2 is 2.09 bits per heavy atom. The van der Waals surface area contributed by atoms with Gasteiger partial charge in [-0.3, -0.25) is 4.79 Å². The van der Waals surface area contributed by atoms with Gasteiger partial charge in [0.2, 0.25) is 12.4 Å². The van der Waals surface area contributed by atoms with Crippen LogP contribution < -0.4 is 20.1 Å². The molecule has 1 amide bonds. The van der Waals surface area contributed by atoms with Crippen molar-refractivity contribution >= 4 is 23.9 Å². The second-order valence-corrected chi connectivity index (χ2v) is 6.96. The van der Waals surface area contributed by atoms with Crippen molar-refractivity contribution in [3.8, 4) is 11.5 Å². The zero-order chi connectivity index (χ0) is 23.3. The highest BCUT2D eigenvalue weighted by atomic mass is 19.4. The van der Waals surface area contributed by atoms with Crippen molar-refractivity contribution in [1.82, 2.24) is 14.9 Å². The molecule has 0 saturated carbocycles. The molecule has 0 bridgehead atoms. The Balaban J connectivity index is 2.01. The second-order valence-electron chi connectivity index (χ2n) is 6.96. The van der Waals surface area contributed by atoms with E-state index >= 15 is 0 Å². The molecule has 32 heavy (non-hydrogen) atoms.